The van der Waals surface area contributed by atoms with Crippen molar-refractivity contribution in [2.24, 2.45) is 0 Å². The number of nitrogens with one attached hydrogen (secondary N) is 1. The molecular weight excluding hydrogens is 308 g/mol. The smallest absolute Gasteiger partial charge is 0.244 e. The normalized spacial score (nSPS) is 19.3. The molecule has 1 heterocycles. The van der Waals surface area contributed by atoms with E-state index in [9.17, 15) is 8.42 Å². The third kappa shape index (κ3) is 4.19. The van der Waals surface area contributed by atoms with Gasteiger partial charge >= 0.3 is 0 Å². The predicted molar refractivity (Wildman–Crippen MR) is 86.1 cm³/mol. The highest BCUT2D eigenvalue weighted by atomic mass is 35.5. The number of rotatable bonds is 7. The largest absolute Gasteiger partial charge is 0.313 e. The van der Waals surface area contributed by atoms with Gasteiger partial charge < -0.3 is 5.32 Å². The molecule has 6 heteroatoms. The topological polar surface area (TPSA) is 49.4 Å². The fourth-order valence-electron chi connectivity index (χ4n) is 2.60. The van der Waals surface area contributed by atoms with Crippen LogP contribution in [-0.4, -0.2) is 38.4 Å². The molecule has 1 saturated heterocycles. The molecule has 21 heavy (non-hydrogen) atoms. The van der Waals surface area contributed by atoms with E-state index in [1.165, 1.54) is 0 Å². The molecule has 0 radical (unpaired) electrons. The molecule has 0 spiro atoms. The van der Waals surface area contributed by atoms with E-state index in [2.05, 4.69) is 12.2 Å². The Balaban J connectivity index is 2.23. The van der Waals surface area contributed by atoms with Crippen LogP contribution in [0.2, 0.25) is 5.02 Å². The van der Waals surface area contributed by atoms with Crippen LogP contribution >= 0.6 is 11.6 Å². The summed E-state index contributed by atoms with van der Waals surface area (Å²) >= 11 is 6.08. The second kappa shape index (κ2) is 7.58. The van der Waals surface area contributed by atoms with Crippen molar-refractivity contribution in [3.05, 3.63) is 29.3 Å². The summed E-state index contributed by atoms with van der Waals surface area (Å²) in [6, 6.07) is 6.92. The molecule has 0 bridgehead atoms. The Morgan fingerprint density at radius 3 is 2.76 bits per heavy atom. The molecule has 1 unspecified atom stereocenters. The highest BCUT2D eigenvalue weighted by Gasteiger charge is 2.29. The lowest BCUT2D eigenvalue weighted by molar-refractivity contribution is 0.364. The highest BCUT2D eigenvalue weighted by Crippen LogP contribution is 2.25. The monoisotopic (exact) mass is 330 g/mol. The van der Waals surface area contributed by atoms with Crippen molar-refractivity contribution < 1.29 is 8.42 Å². The molecule has 2 rings (SSSR count). The summed E-state index contributed by atoms with van der Waals surface area (Å²) in [5, 5.41) is 3.65. The molecule has 118 valence electrons. The minimum atomic E-state index is -3.53. The number of hydrogen-bond acceptors (Lipinski definition) is 3. The van der Waals surface area contributed by atoms with Gasteiger partial charge in [-0.3, -0.25) is 0 Å². The number of sulfonamides is 1. The summed E-state index contributed by atoms with van der Waals surface area (Å²) in [4.78, 5) is 0.209. The summed E-state index contributed by atoms with van der Waals surface area (Å²) in [7, 11) is -3.53. The number of unbranched alkanes of at least 4 members (excludes halogenated alkanes) is 1. The lowest BCUT2D eigenvalue weighted by atomic mass is 10.2. The molecule has 1 N–H and O–H groups in total. The van der Waals surface area contributed by atoms with E-state index in [4.69, 9.17) is 11.6 Å². The highest BCUT2D eigenvalue weighted by molar-refractivity contribution is 7.89. The number of nitrogens with zero attached hydrogens (tertiary/aromatic N) is 1. The van der Waals surface area contributed by atoms with Crippen molar-refractivity contribution in [3.63, 3.8) is 0 Å². The summed E-state index contributed by atoms with van der Waals surface area (Å²) in [5.41, 5.74) is 0. The molecule has 0 aliphatic carbocycles. The molecule has 1 atom stereocenters. The Labute approximate surface area is 132 Å². The van der Waals surface area contributed by atoms with E-state index < -0.39 is 10.0 Å². The average molecular weight is 331 g/mol. The molecule has 1 aromatic rings. The van der Waals surface area contributed by atoms with Crippen LogP contribution in [-0.2, 0) is 10.0 Å². The molecule has 1 aromatic carbocycles. The molecule has 1 aliphatic heterocycles. The van der Waals surface area contributed by atoms with Gasteiger partial charge in [-0.15, -0.1) is 0 Å². The zero-order valence-electron chi connectivity index (χ0n) is 12.4. The fraction of sp³-hybridized carbons (Fsp3) is 0.600. The summed E-state index contributed by atoms with van der Waals surface area (Å²) < 4.78 is 27.3. The van der Waals surface area contributed by atoms with Crippen LogP contribution in [0.25, 0.3) is 0 Å². The number of benzene rings is 1. The van der Waals surface area contributed by atoms with Gasteiger partial charge in [0.2, 0.25) is 10.0 Å². The SMILES string of the molecule is CCCCN(CC1CCCN1)S(=O)(=O)c1ccccc1Cl. The Hall–Kier alpha value is -0.620. The van der Waals surface area contributed by atoms with Crippen molar-refractivity contribution in [1.82, 2.24) is 9.62 Å². The van der Waals surface area contributed by atoms with Gasteiger partial charge in [0.25, 0.3) is 0 Å². The van der Waals surface area contributed by atoms with Gasteiger partial charge in [-0.25, -0.2) is 8.42 Å². The molecule has 0 amide bonds. The van der Waals surface area contributed by atoms with Crippen molar-refractivity contribution in [3.8, 4) is 0 Å². The first kappa shape index (κ1) is 16.7. The van der Waals surface area contributed by atoms with Crippen LogP contribution in [0.5, 0.6) is 0 Å². The summed E-state index contributed by atoms with van der Waals surface area (Å²) in [6.45, 7) is 4.10. The first-order valence-corrected chi connectivity index (χ1v) is 9.35. The van der Waals surface area contributed by atoms with E-state index >= 15 is 0 Å². The maximum Gasteiger partial charge on any atom is 0.244 e. The molecule has 0 aromatic heterocycles. The Morgan fingerprint density at radius 1 is 1.38 bits per heavy atom. The third-order valence-corrected chi connectivity index (χ3v) is 6.17. The maximum absolute atomic E-state index is 12.9. The second-order valence-corrected chi connectivity index (χ2v) is 7.75. The Kier molecular flexibility index (Phi) is 6.05. The van der Waals surface area contributed by atoms with Gasteiger partial charge in [-0.1, -0.05) is 37.1 Å². The zero-order valence-corrected chi connectivity index (χ0v) is 14.0. The first-order valence-electron chi connectivity index (χ1n) is 7.53. The van der Waals surface area contributed by atoms with Gasteiger partial charge in [0.1, 0.15) is 4.90 Å². The fourth-order valence-corrected chi connectivity index (χ4v) is 4.61. The van der Waals surface area contributed by atoms with Gasteiger partial charge in [-0.05, 0) is 37.9 Å². The standard InChI is InChI=1S/C15H23ClN2O2S/c1-2-3-11-18(12-13-7-6-10-17-13)21(19,20)15-9-5-4-8-14(15)16/h4-5,8-9,13,17H,2-3,6-7,10-12H2,1H3. The van der Waals surface area contributed by atoms with E-state index in [1.54, 1.807) is 28.6 Å². The van der Waals surface area contributed by atoms with Crippen LogP contribution in [0.1, 0.15) is 32.6 Å². The molecule has 4 nitrogen and oxygen atoms in total. The number of halogens is 1. The molecular formula is C15H23ClN2O2S. The third-order valence-electron chi connectivity index (χ3n) is 3.80. The molecule has 1 fully saturated rings. The van der Waals surface area contributed by atoms with Crippen LogP contribution in [0, 0.1) is 0 Å². The van der Waals surface area contributed by atoms with Gasteiger partial charge in [0.15, 0.2) is 0 Å². The van der Waals surface area contributed by atoms with E-state index in [0.29, 0.717) is 18.1 Å². The first-order chi connectivity index (χ1) is 10.1. The van der Waals surface area contributed by atoms with Crippen LogP contribution < -0.4 is 5.32 Å². The predicted octanol–water partition coefficient (Wildman–Crippen LogP) is 2.88. The van der Waals surface area contributed by atoms with Gasteiger partial charge in [0.05, 0.1) is 5.02 Å². The minimum Gasteiger partial charge on any atom is -0.313 e. The van der Waals surface area contributed by atoms with Crippen LogP contribution in [0.15, 0.2) is 29.2 Å². The lowest BCUT2D eigenvalue weighted by Crippen LogP contribution is -2.41. The Morgan fingerprint density at radius 2 is 2.14 bits per heavy atom. The van der Waals surface area contributed by atoms with Crippen molar-refractivity contribution in [2.75, 3.05) is 19.6 Å². The minimum absolute atomic E-state index is 0.209. The zero-order chi connectivity index (χ0) is 15.3. The summed E-state index contributed by atoms with van der Waals surface area (Å²) in [5.74, 6) is 0. The summed E-state index contributed by atoms with van der Waals surface area (Å²) in [6.07, 6.45) is 3.96. The number of hydrogen-bond donors (Lipinski definition) is 1. The lowest BCUT2D eigenvalue weighted by Gasteiger charge is -2.25. The maximum atomic E-state index is 12.9. The molecule has 0 saturated carbocycles. The van der Waals surface area contributed by atoms with Crippen molar-refractivity contribution in [2.45, 2.75) is 43.5 Å². The van der Waals surface area contributed by atoms with E-state index in [-0.39, 0.29) is 10.9 Å². The molecule has 1 aliphatic rings. The van der Waals surface area contributed by atoms with E-state index in [0.717, 1.165) is 32.2 Å². The van der Waals surface area contributed by atoms with Crippen molar-refractivity contribution in [1.29, 1.82) is 0 Å². The van der Waals surface area contributed by atoms with E-state index in [1.807, 2.05) is 0 Å². The van der Waals surface area contributed by atoms with Crippen LogP contribution in [0.3, 0.4) is 0 Å². The second-order valence-electron chi connectivity index (χ2n) is 5.44. The van der Waals surface area contributed by atoms with Gasteiger partial charge in [-0.2, -0.15) is 4.31 Å². The van der Waals surface area contributed by atoms with Crippen molar-refractivity contribution >= 4 is 21.6 Å². The van der Waals surface area contributed by atoms with Crippen LogP contribution in [0.4, 0.5) is 0 Å². The quantitative estimate of drug-likeness (QED) is 0.836. The van der Waals surface area contributed by atoms with Gasteiger partial charge in [0, 0.05) is 19.1 Å². The Bertz CT molecular complexity index is 557. The average Bonchev–Trinajstić information content (AvgIpc) is 2.96.